The third-order valence-electron chi connectivity index (χ3n) is 3.54. The van der Waals surface area contributed by atoms with E-state index in [2.05, 4.69) is 45.0 Å². The van der Waals surface area contributed by atoms with Crippen molar-refractivity contribution in [3.05, 3.63) is 65.7 Å². The van der Waals surface area contributed by atoms with E-state index in [-0.39, 0.29) is 11.5 Å². The summed E-state index contributed by atoms with van der Waals surface area (Å²) in [6, 6.07) is 18.6. The van der Waals surface area contributed by atoms with E-state index in [0.29, 0.717) is 5.88 Å². The van der Waals surface area contributed by atoms with Crippen LogP contribution in [0.2, 0.25) is 0 Å². The van der Waals surface area contributed by atoms with E-state index >= 15 is 0 Å². The molecular formula is C19H23ClO. The molecule has 2 aromatic rings. The molecule has 0 amide bonds. The van der Waals surface area contributed by atoms with Crippen LogP contribution in [0, 0.1) is 0 Å². The van der Waals surface area contributed by atoms with E-state index < -0.39 is 0 Å². The monoisotopic (exact) mass is 302 g/mol. The standard InChI is InChI=1S/C19H23ClO/c1-19(2,3)16-9-11-17(12-10-16)21-18(13-14-20)15-7-5-4-6-8-15/h4-12,18H,13-14H2,1-3H3. The van der Waals surface area contributed by atoms with Crippen molar-refractivity contribution in [2.24, 2.45) is 0 Å². The summed E-state index contributed by atoms with van der Waals surface area (Å²) in [5.41, 5.74) is 2.63. The average molecular weight is 303 g/mol. The first-order valence-electron chi connectivity index (χ1n) is 7.39. The van der Waals surface area contributed by atoms with Gasteiger partial charge >= 0.3 is 0 Å². The second kappa shape index (κ2) is 7.00. The van der Waals surface area contributed by atoms with Crippen molar-refractivity contribution in [2.45, 2.75) is 38.7 Å². The largest absolute Gasteiger partial charge is 0.486 e. The number of hydrogen-bond donors (Lipinski definition) is 0. The molecule has 1 atom stereocenters. The zero-order valence-corrected chi connectivity index (χ0v) is 13.7. The Labute approximate surface area is 132 Å². The van der Waals surface area contributed by atoms with Crippen molar-refractivity contribution in [3.8, 4) is 5.75 Å². The maximum Gasteiger partial charge on any atom is 0.125 e. The summed E-state index contributed by atoms with van der Waals surface area (Å²) in [6.45, 7) is 6.63. The molecule has 21 heavy (non-hydrogen) atoms. The van der Waals surface area contributed by atoms with Crippen LogP contribution < -0.4 is 4.74 Å². The topological polar surface area (TPSA) is 9.23 Å². The van der Waals surface area contributed by atoms with Gasteiger partial charge in [-0.2, -0.15) is 0 Å². The summed E-state index contributed by atoms with van der Waals surface area (Å²) in [5, 5.41) is 0. The molecule has 1 unspecified atom stereocenters. The van der Waals surface area contributed by atoms with Crippen molar-refractivity contribution in [1.29, 1.82) is 0 Å². The van der Waals surface area contributed by atoms with E-state index in [9.17, 15) is 0 Å². The second-order valence-corrected chi connectivity index (χ2v) is 6.65. The minimum absolute atomic E-state index is 0.00388. The van der Waals surface area contributed by atoms with Crippen molar-refractivity contribution in [1.82, 2.24) is 0 Å². The average Bonchev–Trinajstić information content (AvgIpc) is 2.47. The molecule has 0 aliphatic carbocycles. The van der Waals surface area contributed by atoms with Crippen LogP contribution in [0.5, 0.6) is 5.75 Å². The highest BCUT2D eigenvalue weighted by molar-refractivity contribution is 6.17. The van der Waals surface area contributed by atoms with Gasteiger partial charge in [0.1, 0.15) is 11.9 Å². The molecule has 0 N–H and O–H groups in total. The lowest BCUT2D eigenvalue weighted by atomic mass is 9.87. The first-order chi connectivity index (χ1) is 10.0. The summed E-state index contributed by atoms with van der Waals surface area (Å²) >= 11 is 5.92. The van der Waals surface area contributed by atoms with Crippen molar-refractivity contribution < 1.29 is 4.74 Å². The minimum atomic E-state index is 0.00388. The third-order valence-corrected chi connectivity index (χ3v) is 3.76. The molecule has 2 rings (SSSR count). The Morgan fingerprint density at radius 1 is 0.952 bits per heavy atom. The molecule has 2 heteroatoms. The van der Waals surface area contributed by atoms with Gasteiger partial charge in [-0.1, -0.05) is 63.2 Å². The molecule has 112 valence electrons. The van der Waals surface area contributed by atoms with E-state index in [4.69, 9.17) is 16.3 Å². The normalized spacial score (nSPS) is 13.0. The molecule has 0 aliphatic heterocycles. The molecule has 0 aromatic heterocycles. The van der Waals surface area contributed by atoms with Gasteiger partial charge in [-0.25, -0.2) is 0 Å². The molecule has 0 radical (unpaired) electrons. The van der Waals surface area contributed by atoms with Crippen LogP contribution in [0.3, 0.4) is 0 Å². The molecule has 0 spiro atoms. The zero-order chi connectivity index (χ0) is 15.3. The molecule has 0 saturated heterocycles. The van der Waals surface area contributed by atoms with Gasteiger partial charge in [-0.3, -0.25) is 0 Å². The second-order valence-electron chi connectivity index (χ2n) is 6.27. The van der Waals surface area contributed by atoms with Gasteiger partial charge in [0, 0.05) is 12.3 Å². The zero-order valence-electron chi connectivity index (χ0n) is 13.0. The molecular weight excluding hydrogens is 280 g/mol. The van der Waals surface area contributed by atoms with Gasteiger partial charge < -0.3 is 4.74 Å². The highest BCUT2D eigenvalue weighted by Gasteiger charge is 2.15. The van der Waals surface area contributed by atoms with Gasteiger partial charge in [-0.15, -0.1) is 11.6 Å². The van der Waals surface area contributed by atoms with Gasteiger partial charge in [0.05, 0.1) is 0 Å². The Hall–Kier alpha value is -1.47. The van der Waals surface area contributed by atoms with Crippen LogP contribution >= 0.6 is 11.6 Å². The Morgan fingerprint density at radius 3 is 2.10 bits per heavy atom. The lowest BCUT2D eigenvalue weighted by molar-refractivity contribution is 0.202. The Balaban J connectivity index is 2.14. The van der Waals surface area contributed by atoms with E-state index in [1.807, 2.05) is 30.3 Å². The van der Waals surface area contributed by atoms with Crippen LogP contribution in [-0.4, -0.2) is 5.88 Å². The quantitative estimate of drug-likeness (QED) is 0.641. The summed E-state index contributed by atoms with van der Waals surface area (Å²) < 4.78 is 6.12. The molecule has 0 heterocycles. The number of hydrogen-bond acceptors (Lipinski definition) is 1. The Bertz CT molecular complexity index is 540. The Kier molecular flexibility index (Phi) is 5.30. The lowest BCUT2D eigenvalue weighted by Gasteiger charge is -2.21. The number of halogens is 1. The lowest BCUT2D eigenvalue weighted by Crippen LogP contribution is -2.11. The van der Waals surface area contributed by atoms with Crippen LogP contribution in [-0.2, 0) is 5.41 Å². The minimum Gasteiger partial charge on any atom is -0.486 e. The SMILES string of the molecule is CC(C)(C)c1ccc(OC(CCCl)c2ccccc2)cc1. The fraction of sp³-hybridized carbons (Fsp3) is 0.368. The third kappa shape index (κ3) is 4.50. The predicted molar refractivity (Wildman–Crippen MR) is 90.3 cm³/mol. The number of rotatable bonds is 5. The highest BCUT2D eigenvalue weighted by Crippen LogP contribution is 2.28. The summed E-state index contributed by atoms with van der Waals surface area (Å²) in [7, 11) is 0. The molecule has 1 nitrogen and oxygen atoms in total. The predicted octanol–water partition coefficient (Wildman–Crippen LogP) is 5.73. The smallest absolute Gasteiger partial charge is 0.125 e. The van der Waals surface area contributed by atoms with Crippen molar-refractivity contribution >= 4 is 11.6 Å². The van der Waals surface area contributed by atoms with Gasteiger partial charge in [-0.05, 0) is 28.7 Å². The molecule has 0 bridgehead atoms. The fourth-order valence-electron chi connectivity index (χ4n) is 2.26. The summed E-state index contributed by atoms with van der Waals surface area (Å²) in [6.07, 6.45) is 0.802. The van der Waals surface area contributed by atoms with Crippen LogP contribution in [0.1, 0.15) is 44.4 Å². The van der Waals surface area contributed by atoms with Crippen LogP contribution in [0.25, 0.3) is 0 Å². The first kappa shape index (κ1) is 15.9. The Morgan fingerprint density at radius 2 is 1.57 bits per heavy atom. The number of benzene rings is 2. The molecule has 2 aromatic carbocycles. The molecule has 0 aliphatic rings. The summed E-state index contributed by atoms with van der Waals surface area (Å²) in [4.78, 5) is 0. The van der Waals surface area contributed by atoms with Crippen LogP contribution in [0.15, 0.2) is 54.6 Å². The molecule has 0 fully saturated rings. The van der Waals surface area contributed by atoms with E-state index in [1.165, 1.54) is 5.56 Å². The van der Waals surface area contributed by atoms with E-state index in [1.54, 1.807) is 0 Å². The maximum absolute atomic E-state index is 6.12. The number of ether oxygens (including phenoxy) is 1. The first-order valence-corrected chi connectivity index (χ1v) is 7.92. The highest BCUT2D eigenvalue weighted by atomic mass is 35.5. The van der Waals surface area contributed by atoms with E-state index in [0.717, 1.165) is 17.7 Å². The van der Waals surface area contributed by atoms with Gasteiger partial charge in [0.25, 0.3) is 0 Å². The maximum atomic E-state index is 6.12. The van der Waals surface area contributed by atoms with Crippen LogP contribution in [0.4, 0.5) is 0 Å². The van der Waals surface area contributed by atoms with Crippen molar-refractivity contribution in [3.63, 3.8) is 0 Å². The number of alkyl halides is 1. The fourth-order valence-corrected chi connectivity index (χ4v) is 2.46. The van der Waals surface area contributed by atoms with Gasteiger partial charge in [0.2, 0.25) is 0 Å². The molecule has 0 saturated carbocycles. The van der Waals surface area contributed by atoms with Gasteiger partial charge in [0.15, 0.2) is 0 Å². The van der Waals surface area contributed by atoms with Crippen molar-refractivity contribution in [2.75, 3.05) is 5.88 Å². The summed E-state index contributed by atoms with van der Waals surface area (Å²) in [5.74, 6) is 1.47.